The lowest BCUT2D eigenvalue weighted by atomic mass is 10.0. The number of aliphatic hydroxyl groups is 1. The number of nitrogens with zero attached hydrogens (tertiary/aromatic N) is 6. The molecule has 0 aromatic carbocycles. The number of rotatable bonds is 19. The molecule has 6 aliphatic heterocycles. The monoisotopic (exact) mass is 1020 g/mol. The molecule has 6 rings (SSSR count). The van der Waals surface area contributed by atoms with Crippen molar-refractivity contribution in [2.75, 3.05) is 51.3 Å². The minimum atomic E-state index is -1.46. The molecule has 0 aromatic rings. The third kappa shape index (κ3) is 12.6. The van der Waals surface area contributed by atoms with Crippen LogP contribution in [0.5, 0.6) is 0 Å². The number of carbonyl (C=O) groups is 10. The summed E-state index contributed by atoms with van der Waals surface area (Å²) in [7, 11) is 0. The molecule has 6 fully saturated rings. The van der Waals surface area contributed by atoms with Crippen LogP contribution >= 0.6 is 11.8 Å². The van der Waals surface area contributed by atoms with Crippen LogP contribution < -0.4 is 21.7 Å². The number of amides is 9. The second kappa shape index (κ2) is 24.6. The number of aliphatic hydroxyl groups excluding tert-OH is 1. The maximum Gasteiger partial charge on any atom is 0.326 e. The molecule has 0 aliphatic carbocycles. The first kappa shape index (κ1) is 55.3. The van der Waals surface area contributed by atoms with Crippen LogP contribution in [0.2, 0.25) is 0 Å². The maximum absolute atomic E-state index is 14.6. The highest BCUT2D eigenvalue weighted by Gasteiger charge is 2.49. The average molecular weight is 1020 g/mol. The molecule has 11 atom stereocenters. The van der Waals surface area contributed by atoms with Gasteiger partial charge in [0, 0.05) is 39.3 Å². The summed E-state index contributed by atoms with van der Waals surface area (Å²) in [5, 5.41) is 28.7. The highest BCUT2D eigenvalue weighted by atomic mass is 32.2. The Morgan fingerprint density at radius 1 is 0.535 bits per heavy atom. The summed E-state index contributed by atoms with van der Waals surface area (Å²) in [5.74, 6) is -5.19. The van der Waals surface area contributed by atoms with Crippen LogP contribution in [0, 0.1) is 5.92 Å². The Labute approximate surface area is 420 Å². The number of nitrogens with one attached hydrogen (secondary N) is 3. The third-order valence-electron chi connectivity index (χ3n) is 15.0. The van der Waals surface area contributed by atoms with E-state index >= 15 is 0 Å². The van der Waals surface area contributed by atoms with Crippen molar-refractivity contribution in [3.63, 3.8) is 0 Å². The quantitative estimate of drug-likeness (QED) is 0.0906. The van der Waals surface area contributed by atoms with Gasteiger partial charge in [0.1, 0.15) is 54.4 Å². The van der Waals surface area contributed by atoms with Crippen molar-refractivity contribution in [1.29, 1.82) is 0 Å². The molecule has 0 spiro atoms. The van der Waals surface area contributed by atoms with Gasteiger partial charge in [-0.1, -0.05) is 13.8 Å². The standard InChI is InChI=1S/C48H76N10O12S/c1-27(2)26-31(44(65)56-22-9-15-35(56)47(68)58-24-11-17-37(58)48(69)70)51-39(60)32-12-7-20-54(32)45(66)36-16-10-23-57(36)46(67)34-14-8-21-55(34)43(64)30(18-25-71-5)50-41(62)38(29(4)59)52-40(61)33-13-6-19-53(33)42(63)28(3)49/h27-38,59H,6-26,49H2,1-5H3,(H,50,62)(H,51,60)(H,52,61)(H,69,70)/t28-,29+,30-,31-,32-,33-,34-,35-,36-,37-,38-/m0/s1. The first-order chi connectivity index (χ1) is 33.8. The molecule has 71 heavy (non-hydrogen) atoms. The number of hydrogen-bond acceptors (Lipinski definition) is 13. The van der Waals surface area contributed by atoms with Gasteiger partial charge in [0.2, 0.25) is 53.2 Å². The molecule has 9 amide bonds. The Morgan fingerprint density at radius 2 is 0.915 bits per heavy atom. The Balaban J connectivity index is 1.10. The minimum Gasteiger partial charge on any atom is -0.480 e. The molecule has 0 aromatic heterocycles. The van der Waals surface area contributed by atoms with E-state index in [4.69, 9.17) is 5.73 Å². The molecule has 23 heteroatoms. The molecule has 22 nitrogen and oxygen atoms in total. The lowest BCUT2D eigenvalue weighted by Gasteiger charge is -2.36. The summed E-state index contributed by atoms with van der Waals surface area (Å²) in [6.07, 6.45) is 6.13. The van der Waals surface area contributed by atoms with Crippen LogP contribution in [-0.2, 0) is 47.9 Å². The summed E-state index contributed by atoms with van der Waals surface area (Å²) >= 11 is 1.44. The zero-order chi connectivity index (χ0) is 51.8. The van der Waals surface area contributed by atoms with E-state index in [1.54, 1.807) is 0 Å². The molecule has 7 N–H and O–H groups in total. The summed E-state index contributed by atoms with van der Waals surface area (Å²) < 4.78 is 0. The van der Waals surface area contributed by atoms with Crippen LogP contribution in [0.1, 0.15) is 118 Å². The van der Waals surface area contributed by atoms with Crippen molar-refractivity contribution in [3.8, 4) is 0 Å². The number of hydrogen-bond donors (Lipinski definition) is 6. The van der Waals surface area contributed by atoms with Crippen LogP contribution in [0.15, 0.2) is 0 Å². The van der Waals surface area contributed by atoms with Gasteiger partial charge >= 0.3 is 5.97 Å². The third-order valence-corrected chi connectivity index (χ3v) is 15.6. The molecule has 0 saturated carbocycles. The van der Waals surface area contributed by atoms with Crippen molar-refractivity contribution < 1.29 is 58.2 Å². The van der Waals surface area contributed by atoms with Gasteiger partial charge in [0.05, 0.1) is 12.1 Å². The van der Waals surface area contributed by atoms with Gasteiger partial charge in [-0.25, -0.2) is 4.79 Å². The van der Waals surface area contributed by atoms with Gasteiger partial charge in [-0.05, 0) is 122 Å². The van der Waals surface area contributed by atoms with Crippen LogP contribution in [0.25, 0.3) is 0 Å². The number of carboxylic acids is 1. The van der Waals surface area contributed by atoms with Crippen molar-refractivity contribution in [2.24, 2.45) is 11.7 Å². The molecular formula is C48H76N10O12S. The van der Waals surface area contributed by atoms with Gasteiger partial charge in [-0.3, -0.25) is 43.2 Å². The Bertz CT molecular complexity index is 2030. The fourth-order valence-electron chi connectivity index (χ4n) is 11.4. The maximum atomic E-state index is 14.6. The minimum absolute atomic E-state index is 0.0311. The van der Waals surface area contributed by atoms with Crippen molar-refractivity contribution in [2.45, 2.75) is 184 Å². The zero-order valence-corrected chi connectivity index (χ0v) is 42.7. The van der Waals surface area contributed by atoms with Gasteiger partial charge < -0.3 is 61.3 Å². The van der Waals surface area contributed by atoms with E-state index in [1.165, 1.54) is 55.0 Å². The zero-order valence-electron chi connectivity index (χ0n) is 41.9. The Kier molecular flexibility index (Phi) is 19.2. The van der Waals surface area contributed by atoms with Gasteiger partial charge in [0.15, 0.2) is 0 Å². The average Bonchev–Trinajstić information content (AvgIpc) is 4.19. The fourth-order valence-corrected chi connectivity index (χ4v) is 11.8. The van der Waals surface area contributed by atoms with E-state index in [9.17, 15) is 58.2 Å². The molecule has 0 radical (unpaired) electrons. The van der Waals surface area contributed by atoms with Gasteiger partial charge in [-0.2, -0.15) is 11.8 Å². The first-order valence-corrected chi connectivity index (χ1v) is 27.1. The lowest BCUT2D eigenvalue weighted by Crippen LogP contribution is -2.61. The highest BCUT2D eigenvalue weighted by molar-refractivity contribution is 7.98. The number of carboxylic acid groups (broad SMARTS) is 1. The Hall–Kier alpha value is -5.03. The van der Waals surface area contributed by atoms with E-state index in [-0.39, 0.29) is 44.9 Å². The summed E-state index contributed by atoms with van der Waals surface area (Å²) in [6.45, 7) is 8.29. The lowest BCUT2D eigenvalue weighted by molar-refractivity contribution is -0.152. The van der Waals surface area contributed by atoms with Crippen LogP contribution in [0.3, 0.4) is 0 Å². The molecule has 0 unspecified atom stereocenters. The number of nitrogens with two attached hydrogens (primary N) is 1. The predicted octanol–water partition coefficient (Wildman–Crippen LogP) is -1.00. The first-order valence-electron chi connectivity index (χ1n) is 25.7. The van der Waals surface area contributed by atoms with E-state index < -0.39 is 126 Å². The molecule has 0 bridgehead atoms. The predicted molar refractivity (Wildman–Crippen MR) is 260 cm³/mol. The van der Waals surface area contributed by atoms with E-state index in [2.05, 4.69) is 16.0 Å². The highest BCUT2D eigenvalue weighted by Crippen LogP contribution is 2.31. The normalized spacial score (nSPS) is 26.6. The molecule has 6 saturated heterocycles. The number of aliphatic carboxylic acids is 1. The number of likely N-dealkylation sites (tertiary alicyclic amines) is 6. The number of thioether (sulfide) groups is 1. The SMILES string of the molecule is CSCC[C@H](NC(=O)[C@@H](NC(=O)[C@@H]1CCCN1C(=O)[C@H](C)N)[C@@H](C)O)C(=O)N1CCC[C@H]1C(=O)N1CCC[C@H]1C(=O)N1CCC[C@H]1C(=O)N[C@@H](CC(C)C)C(=O)N1CCC[C@H]1C(=O)N1CCC[C@H]1C(=O)O. The Morgan fingerprint density at radius 3 is 1.37 bits per heavy atom. The molecule has 6 heterocycles. The number of carbonyl (C=O) groups excluding carboxylic acids is 9. The second-order valence-corrected chi connectivity index (χ2v) is 21.5. The molecule has 396 valence electrons. The summed E-state index contributed by atoms with van der Waals surface area (Å²) in [5.41, 5.74) is 5.80. The van der Waals surface area contributed by atoms with Crippen molar-refractivity contribution in [1.82, 2.24) is 45.3 Å². The summed E-state index contributed by atoms with van der Waals surface area (Å²) in [6, 6.07) is -9.85. The molecular weight excluding hydrogens is 941 g/mol. The fraction of sp³-hybridized carbons (Fsp3) is 0.792. The van der Waals surface area contributed by atoms with Gasteiger partial charge in [0.25, 0.3) is 0 Å². The van der Waals surface area contributed by atoms with Crippen molar-refractivity contribution in [3.05, 3.63) is 0 Å². The van der Waals surface area contributed by atoms with Crippen LogP contribution in [0.4, 0.5) is 0 Å². The van der Waals surface area contributed by atoms with E-state index in [0.717, 1.165) is 0 Å². The largest absolute Gasteiger partial charge is 0.480 e. The van der Waals surface area contributed by atoms with Crippen molar-refractivity contribution >= 4 is 70.9 Å². The molecule has 6 aliphatic rings. The van der Waals surface area contributed by atoms with E-state index in [0.29, 0.717) is 95.9 Å². The van der Waals surface area contributed by atoms with Crippen LogP contribution in [-0.4, -0.2) is 217 Å². The topological polar surface area (TPSA) is 293 Å². The van der Waals surface area contributed by atoms with Gasteiger partial charge in [-0.15, -0.1) is 0 Å². The smallest absolute Gasteiger partial charge is 0.326 e. The second-order valence-electron chi connectivity index (χ2n) is 20.5. The summed E-state index contributed by atoms with van der Waals surface area (Å²) in [4.78, 5) is 146. The van der Waals surface area contributed by atoms with E-state index in [1.807, 2.05) is 20.1 Å².